The average molecular weight is 262 g/mol. The molecule has 1 N–H and O–H groups in total. The Morgan fingerprint density at radius 1 is 1.42 bits per heavy atom. The zero-order chi connectivity index (χ0) is 13.4. The lowest BCUT2D eigenvalue weighted by Crippen LogP contribution is -2.45. The van der Waals surface area contributed by atoms with Crippen molar-refractivity contribution in [3.05, 3.63) is 23.9 Å². The van der Waals surface area contributed by atoms with Crippen molar-refractivity contribution in [2.24, 2.45) is 0 Å². The summed E-state index contributed by atoms with van der Waals surface area (Å²) < 4.78 is 4.82. The number of anilines is 1. The molecule has 5 heteroatoms. The molecule has 2 unspecified atom stereocenters. The molecule has 2 fully saturated rings. The molecule has 3 rings (SSSR count). The minimum absolute atomic E-state index is 0.223. The largest absolute Gasteiger partial charge is 0.465 e. The third-order valence-electron chi connectivity index (χ3n) is 4.14. The number of pyridine rings is 1. The van der Waals surface area contributed by atoms with Crippen LogP contribution in [0.4, 0.5) is 5.82 Å². The Balaban J connectivity index is 1.97. The van der Waals surface area contributed by atoms with E-state index in [1.54, 1.807) is 18.3 Å². The summed E-state index contributed by atoms with van der Waals surface area (Å²) in [5, 5.41) is 9.84. The molecule has 0 aliphatic carbocycles. The molecule has 3 heterocycles. The number of hydrogen-bond acceptors (Lipinski definition) is 5. The number of methoxy groups -OCH3 is 1. The number of piperidine rings is 1. The summed E-state index contributed by atoms with van der Waals surface area (Å²) in [7, 11) is 1.38. The van der Waals surface area contributed by atoms with Crippen molar-refractivity contribution in [1.82, 2.24) is 4.98 Å². The first-order valence-electron chi connectivity index (χ1n) is 6.70. The van der Waals surface area contributed by atoms with Gasteiger partial charge in [0, 0.05) is 18.3 Å². The van der Waals surface area contributed by atoms with Crippen LogP contribution in [0.5, 0.6) is 0 Å². The summed E-state index contributed by atoms with van der Waals surface area (Å²) in [5.74, 6) is 0.349. The maximum atomic E-state index is 11.8. The van der Waals surface area contributed by atoms with Crippen molar-refractivity contribution < 1.29 is 14.6 Å². The van der Waals surface area contributed by atoms with Gasteiger partial charge in [-0.3, -0.25) is 0 Å². The predicted octanol–water partition coefficient (Wildman–Crippen LogP) is 1.36. The van der Waals surface area contributed by atoms with E-state index < -0.39 is 0 Å². The molecular weight excluding hydrogens is 244 g/mol. The number of rotatable bonds is 2. The topological polar surface area (TPSA) is 62.7 Å². The average Bonchev–Trinajstić information content (AvgIpc) is 2.70. The SMILES string of the molecule is COC(=O)c1cccnc1N1C2CCC1CC(O)C2. The highest BCUT2D eigenvalue weighted by Crippen LogP contribution is 2.39. The quantitative estimate of drug-likeness (QED) is 0.815. The molecule has 2 bridgehead atoms. The smallest absolute Gasteiger partial charge is 0.341 e. The number of esters is 1. The molecule has 0 radical (unpaired) electrons. The van der Waals surface area contributed by atoms with E-state index in [2.05, 4.69) is 9.88 Å². The molecule has 19 heavy (non-hydrogen) atoms. The van der Waals surface area contributed by atoms with Crippen LogP contribution in [-0.4, -0.2) is 41.4 Å². The molecule has 2 atom stereocenters. The monoisotopic (exact) mass is 262 g/mol. The lowest BCUT2D eigenvalue weighted by atomic mass is 9.99. The van der Waals surface area contributed by atoms with Crippen LogP contribution < -0.4 is 4.90 Å². The fraction of sp³-hybridized carbons (Fsp3) is 0.571. The van der Waals surface area contributed by atoms with Crippen molar-refractivity contribution in [3.63, 3.8) is 0 Å². The summed E-state index contributed by atoms with van der Waals surface area (Å²) >= 11 is 0. The van der Waals surface area contributed by atoms with Crippen LogP contribution >= 0.6 is 0 Å². The molecule has 0 aromatic carbocycles. The Hall–Kier alpha value is -1.62. The molecule has 102 valence electrons. The Kier molecular flexibility index (Phi) is 3.14. The number of hydrogen-bond donors (Lipinski definition) is 1. The number of nitrogens with zero attached hydrogens (tertiary/aromatic N) is 2. The first-order valence-corrected chi connectivity index (χ1v) is 6.70. The lowest BCUT2D eigenvalue weighted by molar-refractivity contribution is 0.0600. The van der Waals surface area contributed by atoms with Gasteiger partial charge in [-0.25, -0.2) is 9.78 Å². The van der Waals surface area contributed by atoms with E-state index in [0.29, 0.717) is 11.4 Å². The van der Waals surface area contributed by atoms with Crippen molar-refractivity contribution in [2.75, 3.05) is 12.0 Å². The maximum absolute atomic E-state index is 11.8. The van der Waals surface area contributed by atoms with Gasteiger partial charge in [-0.05, 0) is 37.8 Å². The van der Waals surface area contributed by atoms with E-state index in [9.17, 15) is 9.90 Å². The molecule has 0 spiro atoms. The van der Waals surface area contributed by atoms with Crippen LogP contribution in [0.25, 0.3) is 0 Å². The van der Waals surface area contributed by atoms with E-state index >= 15 is 0 Å². The molecule has 2 saturated heterocycles. The lowest BCUT2D eigenvalue weighted by Gasteiger charge is -2.38. The molecule has 2 aliphatic rings. The summed E-state index contributed by atoms with van der Waals surface area (Å²) in [5.41, 5.74) is 0.512. The van der Waals surface area contributed by atoms with Gasteiger partial charge in [-0.2, -0.15) is 0 Å². The number of carbonyl (C=O) groups excluding carboxylic acids is 1. The van der Waals surface area contributed by atoms with E-state index in [4.69, 9.17) is 4.74 Å². The van der Waals surface area contributed by atoms with E-state index in [1.165, 1.54) is 7.11 Å². The van der Waals surface area contributed by atoms with Gasteiger partial charge in [0.2, 0.25) is 0 Å². The van der Waals surface area contributed by atoms with Crippen LogP contribution in [0.3, 0.4) is 0 Å². The molecule has 2 aliphatic heterocycles. The zero-order valence-electron chi connectivity index (χ0n) is 11.0. The summed E-state index contributed by atoms with van der Waals surface area (Å²) in [6.45, 7) is 0. The second kappa shape index (κ2) is 4.81. The van der Waals surface area contributed by atoms with Gasteiger partial charge in [-0.1, -0.05) is 0 Å². The predicted molar refractivity (Wildman–Crippen MR) is 70.1 cm³/mol. The summed E-state index contributed by atoms with van der Waals surface area (Å²) in [4.78, 5) is 18.4. The molecular formula is C14H18N2O3. The van der Waals surface area contributed by atoms with Gasteiger partial charge < -0.3 is 14.7 Å². The molecule has 1 aromatic rings. The van der Waals surface area contributed by atoms with Gasteiger partial charge in [0.1, 0.15) is 11.4 Å². The number of fused-ring (bicyclic) bond motifs is 2. The number of aliphatic hydroxyl groups excluding tert-OH is 1. The van der Waals surface area contributed by atoms with E-state index in [0.717, 1.165) is 25.7 Å². The molecule has 0 saturated carbocycles. The number of carbonyl (C=O) groups is 1. The highest BCUT2D eigenvalue weighted by Gasteiger charge is 2.42. The Bertz CT molecular complexity index is 477. The van der Waals surface area contributed by atoms with Gasteiger partial charge in [0.05, 0.1) is 13.2 Å². The van der Waals surface area contributed by atoms with Crippen LogP contribution in [0.1, 0.15) is 36.0 Å². The number of ether oxygens (including phenoxy) is 1. The first-order chi connectivity index (χ1) is 9.20. The van der Waals surface area contributed by atoms with Crippen molar-refractivity contribution in [1.29, 1.82) is 0 Å². The summed E-state index contributed by atoms with van der Waals surface area (Å²) in [6.07, 6.45) is 5.10. The van der Waals surface area contributed by atoms with Gasteiger partial charge in [-0.15, -0.1) is 0 Å². The van der Waals surface area contributed by atoms with Gasteiger partial charge >= 0.3 is 5.97 Å². The van der Waals surface area contributed by atoms with Crippen LogP contribution in [0.2, 0.25) is 0 Å². The van der Waals surface area contributed by atoms with Gasteiger partial charge in [0.15, 0.2) is 0 Å². The minimum Gasteiger partial charge on any atom is -0.465 e. The second-order valence-corrected chi connectivity index (χ2v) is 5.28. The second-order valence-electron chi connectivity index (χ2n) is 5.28. The highest BCUT2D eigenvalue weighted by atomic mass is 16.5. The molecule has 0 amide bonds. The fourth-order valence-electron chi connectivity index (χ4n) is 3.37. The Morgan fingerprint density at radius 3 is 2.74 bits per heavy atom. The van der Waals surface area contributed by atoms with Crippen molar-refractivity contribution in [2.45, 2.75) is 43.9 Å². The minimum atomic E-state index is -0.353. The number of aromatic nitrogens is 1. The first kappa shape index (κ1) is 12.4. The van der Waals surface area contributed by atoms with Crippen molar-refractivity contribution in [3.8, 4) is 0 Å². The van der Waals surface area contributed by atoms with Crippen LogP contribution in [0.15, 0.2) is 18.3 Å². The van der Waals surface area contributed by atoms with E-state index in [1.807, 2.05) is 0 Å². The molecule has 1 aromatic heterocycles. The third kappa shape index (κ3) is 2.08. The van der Waals surface area contributed by atoms with Gasteiger partial charge in [0.25, 0.3) is 0 Å². The molecule has 5 nitrogen and oxygen atoms in total. The zero-order valence-corrected chi connectivity index (χ0v) is 11.0. The fourth-order valence-corrected chi connectivity index (χ4v) is 3.37. The number of aliphatic hydroxyl groups is 1. The Labute approximate surface area is 112 Å². The summed E-state index contributed by atoms with van der Waals surface area (Å²) in [6, 6.07) is 4.06. The van der Waals surface area contributed by atoms with E-state index in [-0.39, 0.29) is 24.2 Å². The third-order valence-corrected chi connectivity index (χ3v) is 4.14. The standard InChI is InChI=1S/C14H18N2O3/c1-19-14(18)12-3-2-6-15-13(12)16-9-4-5-10(16)8-11(17)7-9/h2-3,6,9-11,17H,4-5,7-8H2,1H3. The highest BCUT2D eigenvalue weighted by molar-refractivity contribution is 5.94. The van der Waals surface area contributed by atoms with Crippen LogP contribution in [0, 0.1) is 0 Å². The maximum Gasteiger partial charge on any atom is 0.341 e. The van der Waals surface area contributed by atoms with Crippen molar-refractivity contribution >= 4 is 11.8 Å². The van der Waals surface area contributed by atoms with Crippen LogP contribution in [-0.2, 0) is 4.74 Å². The normalized spacial score (nSPS) is 29.4. The Morgan fingerprint density at radius 2 is 2.11 bits per heavy atom.